The second kappa shape index (κ2) is 12.8. The van der Waals surface area contributed by atoms with E-state index in [9.17, 15) is 13.6 Å². The van der Waals surface area contributed by atoms with Gasteiger partial charge >= 0.3 is 5.97 Å². The summed E-state index contributed by atoms with van der Waals surface area (Å²) in [5.41, 5.74) is -0.316. The van der Waals surface area contributed by atoms with Gasteiger partial charge in [0.05, 0.1) is 5.56 Å². The standard InChI is InChI=1S/C21H32F2O2/c1-3-5-7-8-9-11-13-18(12-10-6-4-2)25-21(24)19-16-17(22)14-15-20(19)23/h14-16,18H,3-13H2,1-2H3. The Kier molecular flexibility index (Phi) is 11.1. The van der Waals surface area contributed by atoms with Gasteiger partial charge in [0.1, 0.15) is 17.7 Å². The molecule has 0 bridgehead atoms. The average Bonchev–Trinajstić information content (AvgIpc) is 2.59. The van der Waals surface area contributed by atoms with Gasteiger partial charge in [0.25, 0.3) is 0 Å². The summed E-state index contributed by atoms with van der Waals surface area (Å²) in [5.74, 6) is -2.13. The summed E-state index contributed by atoms with van der Waals surface area (Å²) in [5, 5.41) is 0. The second-order valence-corrected chi connectivity index (χ2v) is 6.70. The van der Waals surface area contributed by atoms with Gasteiger partial charge in [-0.05, 0) is 43.9 Å². The first-order chi connectivity index (χ1) is 12.1. The number of hydrogen-bond acceptors (Lipinski definition) is 2. The lowest BCUT2D eigenvalue weighted by Crippen LogP contribution is -2.19. The van der Waals surface area contributed by atoms with Crippen LogP contribution in [0.25, 0.3) is 0 Å². The predicted octanol–water partition coefficient (Wildman–Crippen LogP) is 6.82. The molecule has 0 saturated heterocycles. The van der Waals surface area contributed by atoms with Crippen LogP contribution in [0.1, 0.15) is 94.8 Å². The summed E-state index contributed by atoms with van der Waals surface area (Å²) in [6.45, 7) is 4.31. The van der Waals surface area contributed by atoms with Crippen LogP contribution in [0.3, 0.4) is 0 Å². The first-order valence-electron chi connectivity index (χ1n) is 9.74. The molecule has 0 aliphatic heterocycles. The number of ether oxygens (including phenoxy) is 1. The van der Waals surface area contributed by atoms with Gasteiger partial charge in [-0.15, -0.1) is 0 Å². The molecular weight excluding hydrogens is 322 g/mol. The molecule has 0 aliphatic carbocycles. The van der Waals surface area contributed by atoms with Crippen molar-refractivity contribution < 1.29 is 18.3 Å². The third kappa shape index (κ3) is 8.99. The van der Waals surface area contributed by atoms with E-state index in [-0.39, 0.29) is 11.7 Å². The van der Waals surface area contributed by atoms with E-state index in [2.05, 4.69) is 13.8 Å². The number of esters is 1. The Hall–Kier alpha value is -1.45. The molecule has 25 heavy (non-hydrogen) atoms. The third-order valence-electron chi connectivity index (χ3n) is 4.43. The SMILES string of the molecule is CCCCCCCCC(CCCCC)OC(=O)c1cc(F)ccc1F. The fourth-order valence-electron chi connectivity index (χ4n) is 2.91. The molecule has 1 atom stereocenters. The Bertz CT molecular complexity index is 503. The predicted molar refractivity (Wildman–Crippen MR) is 97.7 cm³/mol. The number of carbonyl (C=O) groups is 1. The molecule has 0 amide bonds. The molecule has 1 aromatic rings. The molecule has 1 unspecified atom stereocenters. The van der Waals surface area contributed by atoms with Gasteiger partial charge in [-0.2, -0.15) is 0 Å². The van der Waals surface area contributed by atoms with Crippen molar-refractivity contribution in [3.63, 3.8) is 0 Å². The first kappa shape index (κ1) is 21.6. The molecule has 0 heterocycles. The van der Waals surface area contributed by atoms with Crippen LogP contribution in [0, 0.1) is 11.6 Å². The van der Waals surface area contributed by atoms with Gasteiger partial charge in [-0.25, -0.2) is 13.6 Å². The normalized spacial score (nSPS) is 12.2. The molecule has 0 fully saturated rings. The monoisotopic (exact) mass is 354 g/mol. The molecule has 1 rings (SSSR count). The molecule has 0 aromatic heterocycles. The van der Waals surface area contributed by atoms with E-state index in [0.717, 1.165) is 63.1 Å². The number of unbranched alkanes of at least 4 members (excludes halogenated alkanes) is 7. The van der Waals surface area contributed by atoms with Gasteiger partial charge in [-0.1, -0.05) is 58.8 Å². The van der Waals surface area contributed by atoms with Crippen molar-refractivity contribution in [2.75, 3.05) is 0 Å². The molecule has 142 valence electrons. The lowest BCUT2D eigenvalue weighted by atomic mass is 10.0. The van der Waals surface area contributed by atoms with Crippen LogP contribution in [0.15, 0.2) is 18.2 Å². The minimum Gasteiger partial charge on any atom is -0.459 e. The van der Waals surface area contributed by atoms with Crippen LogP contribution in [-0.4, -0.2) is 12.1 Å². The molecule has 1 aromatic carbocycles. The molecule has 0 N–H and O–H groups in total. The number of benzene rings is 1. The zero-order valence-electron chi connectivity index (χ0n) is 15.7. The summed E-state index contributed by atoms with van der Waals surface area (Å²) in [4.78, 5) is 12.2. The van der Waals surface area contributed by atoms with E-state index < -0.39 is 17.6 Å². The van der Waals surface area contributed by atoms with Gasteiger partial charge in [0, 0.05) is 0 Å². The van der Waals surface area contributed by atoms with Crippen LogP contribution in [0.4, 0.5) is 8.78 Å². The van der Waals surface area contributed by atoms with Crippen LogP contribution < -0.4 is 0 Å². The maximum atomic E-state index is 13.7. The number of carbonyl (C=O) groups excluding carboxylic acids is 1. The molecule has 2 nitrogen and oxygen atoms in total. The molecule has 0 aliphatic rings. The highest BCUT2D eigenvalue weighted by Gasteiger charge is 2.19. The molecule has 0 saturated carbocycles. The average molecular weight is 354 g/mol. The number of rotatable bonds is 13. The third-order valence-corrected chi connectivity index (χ3v) is 4.43. The van der Waals surface area contributed by atoms with Gasteiger partial charge < -0.3 is 4.74 Å². The van der Waals surface area contributed by atoms with Crippen LogP contribution in [0.2, 0.25) is 0 Å². The van der Waals surface area contributed by atoms with E-state index >= 15 is 0 Å². The topological polar surface area (TPSA) is 26.3 Å². The Balaban J connectivity index is 2.53. The van der Waals surface area contributed by atoms with Crippen molar-refractivity contribution in [3.8, 4) is 0 Å². The van der Waals surface area contributed by atoms with Crippen molar-refractivity contribution >= 4 is 5.97 Å². The van der Waals surface area contributed by atoms with Gasteiger partial charge in [0.15, 0.2) is 0 Å². The maximum Gasteiger partial charge on any atom is 0.341 e. The zero-order valence-corrected chi connectivity index (χ0v) is 15.7. The highest BCUT2D eigenvalue weighted by Crippen LogP contribution is 2.19. The van der Waals surface area contributed by atoms with Crippen molar-refractivity contribution in [2.45, 2.75) is 90.6 Å². The molecular formula is C21H32F2O2. The summed E-state index contributed by atoms with van der Waals surface area (Å²) >= 11 is 0. The van der Waals surface area contributed by atoms with Gasteiger partial charge in [0.2, 0.25) is 0 Å². The smallest absolute Gasteiger partial charge is 0.341 e. The molecule has 0 spiro atoms. The minimum absolute atomic E-state index is 0.215. The van der Waals surface area contributed by atoms with Crippen LogP contribution in [0.5, 0.6) is 0 Å². The fourth-order valence-corrected chi connectivity index (χ4v) is 2.91. The van der Waals surface area contributed by atoms with E-state index in [1.807, 2.05) is 0 Å². The van der Waals surface area contributed by atoms with E-state index in [0.29, 0.717) is 0 Å². The second-order valence-electron chi connectivity index (χ2n) is 6.70. The van der Waals surface area contributed by atoms with E-state index in [1.165, 1.54) is 25.7 Å². The highest BCUT2D eigenvalue weighted by atomic mass is 19.1. The highest BCUT2D eigenvalue weighted by molar-refractivity contribution is 5.89. The Morgan fingerprint density at radius 2 is 1.48 bits per heavy atom. The summed E-state index contributed by atoms with van der Waals surface area (Å²) in [6.07, 6.45) is 11.6. The summed E-state index contributed by atoms with van der Waals surface area (Å²) < 4.78 is 32.5. The molecule has 4 heteroatoms. The zero-order chi connectivity index (χ0) is 18.5. The van der Waals surface area contributed by atoms with E-state index in [1.54, 1.807) is 0 Å². The number of hydrogen-bond donors (Lipinski definition) is 0. The van der Waals surface area contributed by atoms with Crippen molar-refractivity contribution in [3.05, 3.63) is 35.4 Å². The molecule has 0 radical (unpaired) electrons. The Labute approximate surface area is 151 Å². The van der Waals surface area contributed by atoms with Crippen LogP contribution in [-0.2, 0) is 4.74 Å². The van der Waals surface area contributed by atoms with Crippen LogP contribution >= 0.6 is 0 Å². The van der Waals surface area contributed by atoms with Crippen molar-refractivity contribution in [1.29, 1.82) is 0 Å². The summed E-state index contributed by atoms with van der Waals surface area (Å²) in [6, 6.07) is 2.87. The fraction of sp³-hybridized carbons (Fsp3) is 0.667. The largest absolute Gasteiger partial charge is 0.459 e. The lowest BCUT2D eigenvalue weighted by molar-refractivity contribution is 0.0243. The van der Waals surface area contributed by atoms with Crippen molar-refractivity contribution in [1.82, 2.24) is 0 Å². The minimum atomic E-state index is -0.760. The quantitative estimate of drug-likeness (QED) is 0.287. The van der Waals surface area contributed by atoms with Crippen molar-refractivity contribution in [2.24, 2.45) is 0 Å². The van der Waals surface area contributed by atoms with Gasteiger partial charge in [-0.3, -0.25) is 0 Å². The maximum absolute atomic E-state index is 13.7. The Morgan fingerprint density at radius 1 is 0.920 bits per heavy atom. The number of halogens is 2. The Morgan fingerprint density at radius 3 is 2.16 bits per heavy atom. The first-order valence-corrected chi connectivity index (χ1v) is 9.74. The summed E-state index contributed by atoms with van der Waals surface area (Å²) in [7, 11) is 0. The lowest BCUT2D eigenvalue weighted by Gasteiger charge is -2.18. The van der Waals surface area contributed by atoms with E-state index in [4.69, 9.17) is 4.74 Å².